The molecule has 0 spiro atoms. The average molecular weight is 419 g/mol. The van der Waals surface area contributed by atoms with Crippen LogP contribution in [0, 0.1) is 5.92 Å². The van der Waals surface area contributed by atoms with Gasteiger partial charge in [-0.3, -0.25) is 24.1 Å². The summed E-state index contributed by atoms with van der Waals surface area (Å²) in [5.41, 5.74) is 6.82. The molecule has 0 aliphatic carbocycles. The van der Waals surface area contributed by atoms with Gasteiger partial charge in [0.15, 0.2) is 0 Å². The minimum Gasteiger partial charge on any atom is -0.481 e. The third-order valence-electron chi connectivity index (χ3n) is 4.63. The topological polar surface area (TPSA) is 147 Å². The van der Waals surface area contributed by atoms with Crippen LogP contribution < -0.4 is 11.1 Å². The van der Waals surface area contributed by atoms with Gasteiger partial charge in [-0.1, -0.05) is 44.2 Å². The number of nitrogens with two attached hydrogens (primary N) is 1. The predicted molar refractivity (Wildman–Crippen MR) is 109 cm³/mol. The number of aryl methyl sites for hydroxylation is 1. The summed E-state index contributed by atoms with van der Waals surface area (Å²) < 4.78 is 0. The molecular formula is C21H29N3O6. The number of carbonyl (C=O) groups excluding carboxylic acids is 4. The van der Waals surface area contributed by atoms with E-state index in [4.69, 9.17) is 10.8 Å². The summed E-state index contributed by atoms with van der Waals surface area (Å²) >= 11 is 0. The number of nitrogens with one attached hydrogen (secondary N) is 1. The second kappa shape index (κ2) is 11.8. The van der Waals surface area contributed by atoms with E-state index in [1.807, 2.05) is 30.3 Å². The standard InChI is InChI=1S/C21H29N3O6/c1-13(2)19(22)21(30)24(17(26)10-9-15-7-5-4-6-8-15)14(3)20(29)23-16(12-25)11-18(27)28/h4-8,12-14,16,19H,9-11,22H2,1-3H3,(H,23,29)(H,27,28)/t14-,16?,19-/m0/s1. The molecule has 1 rings (SSSR count). The summed E-state index contributed by atoms with van der Waals surface area (Å²) in [7, 11) is 0. The van der Waals surface area contributed by atoms with Crippen molar-refractivity contribution in [3.8, 4) is 0 Å². The molecule has 0 saturated heterocycles. The smallest absolute Gasteiger partial charge is 0.305 e. The van der Waals surface area contributed by atoms with E-state index in [1.54, 1.807) is 13.8 Å². The SMILES string of the molecule is CC(C)[C@H](N)C(=O)N(C(=O)CCc1ccccc1)[C@@H](C)C(=O)NC(C=O)CC(=O)O. The van der Waals surface area contributed by atoms with Crippen LogP contribution in [0.5, 0.6) is 0 Å². The van der Waals surface area contributed by atoms with Crippen LogP contribution in [0.2, 0.25) is 0 Å². The third kappa shape index (κ3) is 7.40. The molecule has 0 fully saturated rings. The zero-order valence-electron chi connectivity index (χ0n) is 17.4. The Kier molecular flexibility index (Phi) is 9.83. The van der Waals surface area contributed by atoms with Crippen molar-refractivity contribution in [2.24, 2.45) is 11.7 Å². The lowest BCUT2D eigenvalue weighted by atomic mass is 10.0. The second-order valence-corrected chi connectivity index (χ2v) is 7.38. The highest BCUT2D eigenvalue weighted by Crippen LogP contribution is 2.13. The van der Waals surface area contributed by atoms with E-state index in [1.165, 1.54) is 6.92 Å². The quantitative estimate of drug-likeness (QED) is 0.443. The highest BCUT2D eigenvalue weighted by atomic mass is 16.4. The lowest BCUT2D eigenvalue weighted by Crippen LogP contribution is -2.57. The zero-order valence-corrected chi connectivity index (χ0v) is 17.4. The van der Waals surface area contributed by atoms with E-state index in [0.29, 0.717) is 12.7 Å². The molecule has 0 bridgehead atoms. The van der Waals surface area contributed by atoms with Gasteiger partial charge < -0.3 is 21.0 Å². The largest absolute Gasteiger partial charge is 0.481 e. The monoisotopic (exact) mass is 419 g/mol. The first-order valence-corrected chi connectivity index (χ1v) is 9.71. The fourth-order valence-corrected chi connectivity index (χ4v) is 2.73. The van der Waals surface area contributed by atoms with Crippen molar-refractivity contribution in [1.29, 1.82) is 0 Å². The first kappa shape index (κ1) is 25.0. The van der Waals surface area contributed by atoms with Crippen LogP contribution in [0.25, 0.3) is 0 Å². The maximum absolute atomic E-state index is 12.9. The van der Waals surface area contributed by atoms with Crippen LogP contribution >= 0.6 is 0 Å². The van der Waals surface area contributed by atoms with E-state index in [2.05, 4.69) is 5.32 Å². The van der Waals surface area contributed by atoms with Gasteiger partial charge >= 0.3 is 5.97 Å². The summed E-state index contributed by atoms with van der Waals surface area (Å²) in [6.45, 7) is 4.77. The van der Waals surface area contributed by atoms with Gasteiger partial charge in [-0.2, -0.15) is 0 Å². The number of aliphatic carboxylic acids is 1. The maximum Gasteiger partial charge on any atom is 0.305 e. The molecule has 1 aromatic rings. The van der Waals surface area contributed by atoms with Crippen molar-refractivity contribution < 1.29 is 29.1 Å². The molecule has 0 heterocycles. The number of carboxylic acid groups (broad SMARTS) is 1. The summed E-state index contributed by atoms with van der Waals surface area (Å²) in [6.07, 6.45) is 0.0282. The fraction of sp³-hybridized carbons (Fsp3) is 0.476. The number of imide groups is 1. The van der Waals surface area contributed by atoms with E-state index in [0.717, 1.165) is 10.5 Å². The molecule has 3 amide bonds. The lowest BCUT2D eigenvalue weighted by Gasteiger charge is -2.30. The van der Waals surface area contributed by atoms with Gasteiger partial charge in [0.1, 0.15) is 12.3 Å². The Morgan fingerprint density at radius 2 is 1.73 bits per heavy atom. The fourth-order valence-electron chi connectivity index (χ4n) is 2.73. The summed E-state index contributed by atoms with van der Waals surface area (Å²) in [5.74, 6) is -3.64. The van der Waals surface area contributed by atoms with Crippen LogP contribution in [0.1, 0.15) is 39.2 Å². The zero-order chi connectivity index (χ0) is 22.8. The molecule has 1 unspecified atom stereocenters. The van der Waals surface area contributed by atoms with Crippen molar-refractivity contribution in [2.45, 2.75) is 58.2 Å². The predicted octanol–water partition coefficient (Wildman–Crippen LogP) is 0.505. The first-order valence-electron chi connectivity index (χ1n) is 9.71. The Labute approximate surface area is 175 Å². The summed E-state index contributed by atoms with van der Waals surface area (Å²) in [5, 5.41) is 11.1. The molecule has 3 atom stereocenters. The minimum atomic E-state index is -1.27. The summed E-state index contributed by atoms with van der Waals surface area (Å²) in [4.78, 5) is 61.0. The molecule has 0 aliphatic heterocycles. The van der Waals surface area contributed by atoms with Gasteiger partial charge in [0.2, 0.25) is 17.7 Å². The van der Waals surface area contributed by atoms with Gasteiger partial charge in [0.25, 0.3) is 0 Å². The first-order chi connectivity index (χ1) is 14.1. The van der Waals surface area contributed by atoms with Crippen LogP contribution in [-0.4, -0.2) is 58.1 Å². The average Bonchev–Trinajstić information content (AvgIpc) is 2.71. The Morgan fingerprint density at radius 3 is 2.23 bits per heavy atom. The number of benzene rings is 1. The van der Waals surface area contributed by atoms with Crippen molar-refractivity contribution in [2.75, 3.05) is 0 Å². The number of carbonyl (C=O) groups is 5. The maximum atomic E-state index is 12.9. The molecule has 0 aliphatic rings. The van der Waals surface area contributed by atoms with E-state index >= 15 is 0 Å². The number of nitrogens with zero attached hydrogens (tertiary/aromatic N) is 1. The van der Waals surface area contributed by atoms with Crippen LogP contribution in [0.3, 0.4) is 0 Å². The van der Waals surface area contributed by atoms with E-state index in [-0.39, 0.29) is 12.3 Å². The Bertz CT molecular complexity index is 765. The highest BCUT2D eigenvalue weighted by Gasteiger charge is 2.35. The molecule has 9 heteroatoms. The molecular weight excluding hydrogens is 390 g/mol. The third-order valence-corrected chi connectivity index (χ3v) is 4.63. The number of amides is 3. The van der Waals surface area contributed by atoms with Crippen LogP contribution in [0.4, 0.5) is 0 Å². The van der Waals surface area contributed by atoms with Gasteiger partial charge in [-0.15, -0.1) is 0 Å². The normalized spacial score (nSPS) is 13.8. The molecule has 0 aromatic heterocycles. The van der Waals surface area contributed by atoms with Gasteiger partial charge in [-0.05, 0) is 24.8 Å². The van der Waals surface area contributed by atoms with Crippen LogP contribution in [0.15, 0.2) is 30.3 Å². The number of carboxylic acids is 1. The number of hydrogen-bond donors (Lipinski definition) is 3. The molecule has 1 aromatic carbocycles. The van der Waals surface area contributed by atoms with Crippen molar-refractivity contribution >= 4 is 30.0 Å². The molecule has 4 N–H and O–H groups in total. The molecule has 164 valence electrons. The number of aldehydes is 1. The minimum absolute atomic E-state index is 0.0234. The molecule has 30 heavy (non-hydrogen) atoms. The van der Waals surface area contributed by atoms with Crippen molar-refractivity contribution in [3.05, 3.63) is 35.9 Å². The Morgan fingerprint density at radius 1 is 1.13 bits per heavy atom. The number of hydrogen-bond acceptors (Lipinski definition) is 6. The van der Waals surface area contributed by atoms with Crippen LogP contribution in [-0.2, 0) is 30.4 Å². The summed E-state index contributed by atoms with van der Waals surface area (Å²) in [6, 6.07) is 5.66. The van der Waals surface area contributed by atoms with Crippen molar-refractivity contribution in [1.82, 2.24) is 10.2 Å². The number of rotatable bonds is 11. The second-order valence-electron chi connectivity index (χ2n) is 7.38. The molecule has 9 nitrogen and oxygen atoms in total. The van der Waals surface area contributed by atoms with Gasteiger partial charge in [0.05, 0.1) is 18.5 Å². The Balaban J connectivity index is 3.01. The lowest BCUT2D eigenvalue weighted by molar-refractivity contribution is -0.153. The molecule has 0 radical (unpaired) electrons. The van der Waals surface area contributed by atoms with Gasteiger partial charge in [-0.25, -0.2) is 0 Å². The Hall–Kier alpha value is -3.07. The highest BCUT2D eigenvalue weighted by molar-refractivity contribution is 6.02. The van der Waals surface area contributed by atoms with E-state index in [9.17, 15) is 24.0 Å². The molecule has 0 saturated carbocycles. The van der Waals surface area contributed by atoms with E-state index < -0.39 is 48.2 Å². The van der Waals surface area contributed by atoms with Crippen molar-refractivity contribution in [3.63, 3.8) is 0 Å². The van der Waals surface area contributed by atoms with Gasteiger partial charge in [0, 0.05) is 6.42 Å².